The molecule has 152 valence electrons. The summed E-state index contributed by atoms with van der Waals surface area (Å²) in [5.41, 5.74) is 1.09. The fraction of sp³-hybridized carbons (Fsp3) is 0.667. The molecule has 0 spiro atoms. The summed E-state index contributed by atoms with van der Waals surface area (Å²) in [6.07, 6.45) is 12.1. The molecule has 3 N–H and O–H groups in total. The van der Waals surface area contributed by atoms with Gasteiger partial charge in [0.25, 0.3) is 0 Å². The molecule has 0 aromatic carbocycles. The van der Waals surface area contributed by atoms with Gasteiger partial charge in [0.2, 0.25) is 0 Å². The molecule has 0 aliphatic carbocycles. The van der Waals surface area contributed by atoms with Crippen LogP contribution in [0.3, 0.4) is 0 Å². The highest BCUT2D eigenvalue weighted by Crippen LogP contribution is 2.47. The van der Waals surface area contributed by atoms with Crippen molar-refractivity contribution in [3.8, 4) is 0 Å². The van der Waals surface area contributed by atoms with Crippen molar-refractivity contribution in [3.63, 3.8) is 0 Å². The van der Waals surface area contributed by atoms with Gasteiger partial charge < -0.3 is 9.79 Å². The standard InChI is InChI=1S/C18H33O6PS/c1-15(2)9-7-11-17(4)13-8-12-16(3)10-5-6-14-18(25(19,20)21)26(22,23)24/h5-6,10,14-15,17H,7-9,11-13H2,1-4H3,(H2,19,20,21)(H,22,23,24)/b6-5+,16-10?,18-14+. The largest absolute Gasteiger partial charge is 0.370 e. The van der Waals surface area contributed by atoms with E-state index >= 15 is 0 Å². The molecule has 1 atom stereocenters. The minimum Gasteiger partial charge on any atom is -0.320 e. The smallest absolute Gasteiger partial charge is 0.320 e. The molecule has 0 saturated carbocycles. The summed E-state index contributed by atoms with van der Waals surface area (Å²) in [6, 6.07) is 0. The molecule has 0 rings (SSSR count). The molecular formula is C18H33O6PS. The fourth-order valence-electron chi connectivity index (χ4n) is 2.52. The van der Waals surface area contributed by atoms with Crippen molar-refractivity contribution in [3.05, 3.63) is 34.5 Å². The average molecular weight is 408 g/mol. The fourth-order valence-corrected chi connectivity index (χ4v) is 4.26. The van der Waals surface area contributed by atoms with Crippen molar-refractivity contribution < 1.29 is 27.3 Å². The molecule has 0 amide bonds. The van der Waals surface area contributed by atoms with E-state index in [2.05, 4.69) is 20.8 Å². The van der Waals surface area contributed by atoms with Gasteiger partial charge in [0.1, 0.15) is 0 Å². The van der Waals surface area contributed by atoms with E-state index < -0.39 is 22.4 Å². The summed E-state index contributed by atoms with van der Waals surface area (Å²) < 4.78 is 40.5. The topological polar surface area (TPSA) is 112 Å². The van der Waals surface area contributed by atoms with Gasteiger partial charge in [-0.25, -0.2) is 0 Å². The number of hydrogen-bond acceptors (Lipinski definition) is 3. The van der Waals surface area contributed by atoms with Crippen LogP contribution in [0, 0.1) is 11.8 Å². The Bertz CT molecular complexity index is 655. The molecule has 0 aromatic heterocycles. The van der Waals surface area contributed by atoms with E-state index in [1.54, 1.807) is 6.08 Å². The highest BCUT2D eigenvalue weighted by atomic mass is 32.2. The first-order valence-corrected chi connectivity index (χ1v) is 12.0. The van der Waals surface area contributed by atoms with Crippen LogP contribution in [0.4, 0.5) is 0 Å². The monoisotopic (exact) mass is 408 g/mol. The van der Waals surface area contributed by atoms with Crippen molar-refractivity contribution in [1.29, 1.82) is 0 Å². The molecule has 0 aromatic rings. The van der Waals surface area contributed by atoms with Gasteiger partial charge in [-0.05, 0) is 37.7 Å². The second-order valence-electron chi connectivity index (χ2n) is 7.24. The summed E-state index contributed by atoms with van der Waals surface area (Å²) in [6.45, 7) is 8.69. The predicted molar refractivity (Wildman–Crippen MR) is 106 cm³/mol. The third-order valence-corrected chi connectivity index (χ3v) is 6.82. The maximum absolute atomic E-state index is 11.1. The lowest BCUT2D eigenvalue weighted by Gasteiger charge is -2.12. The minimum absolute atomic E-state index is 0.695. The van der Waals surface area contributed by atoms with Crippen molar-refractivity contribution in [2.45, 2.75) is 66.2 Å². The van der Waals surface area contributed by atoms with Crippen molar-refractivity contribution in [2.75, 3.05) is 0 Å². The quantitative estimate of drug-likeness (QED) is 0.237. The first-order chi connectivity index (χ1) is 11.8. The van der Waals surface area contributed by atoms with Gasteiger partial charge in [0.05, 0.1) is 0 Å². The highest BCUT2D eigenvalue weighted by molar-refractivity contribution is 7.98. The molecular weight excluding hydrogens is 375 g/mol. The van der Waals surface area contributed by atoms with E-state index in [9.17, 15) is 13.0 Å². The average Bonchev–Trinajstić information content (AvgIpc) is 2.43. The van der Waals surface area contributed by atoms with Crippen LogP contribution in [-0.4, -0.2) is 22.8 Å². The lowest BCUT2D eigenvalue weighted by molar-refractivity contribution is 0.383. The van der Waals surface area contributed by atoms with E-state index in [1.165, 1.54) is 31.4 Å². The Morgan fingerprint density at radius 1 is 1.00 bits per heavy atom. The molecule has 1 unspecified atom stereocenters. The first-order valence-electron chi connectivity index (χ1n) is 8.91. The molecule has 26 heavy (non-hydrogen) atoms. The summed E-state index contributed by atoms with van der Waals surface area (Å²) >= 11 is 0. The normalized spacial score (nSPS) is 15.8. The molecule has 0 aliphatic rings. The molecule has 0 radical (unpaired) electrons. The molecule has 8 heteroatoms. The van der Waals surface area contributed by atoms with Crippen LogP contribution in [0.25, 0.3) is 0 Å². The lowest BCUT2D eigenvalue weighted by Crippen LogP contribution is -2.02. The third-order valence-electron chi connectivity index (χ3n) is 4.03. The lowest BCUT2D eigenvalue weighted by atomic mass is 9.94. The zero-order chi connectivity index (χ0) is 20.4. The second-order valence-corrected chi connectivity index (χ2v) is 10.5. The Kier molecular flexibility index (Phi) is 11.6. The maximum atomic E-state index is 11.1. The van der Waals surface area contributed by atoms with Crippen LogP contribution in [0.5, 0.6) is 0 Å². The third kappa shape index (κ3) is 12.6. The first kappa shape index (κ1) is 25.3. The number of allylic oxidation sites excluding steroid dienone is 5. The molecule has 0 saturated heterocycles. The van der Waals surface area contributed by atoms with Gasteiger partial charge in [-0.2, -0.15) is 8.42 Å². The predicted octanol–water partition coefficient (Wildman–Crippen LogP) is 5.03. The van der Waals surface area contributed by atoms with Crippen LogP contribution in [0.2, 0.25) is 0 Å². The van der Waals surface area contributed by atoms with Gasteiger partial charge in [-0.15, -0.1) is 0 Å². The van der Waals surface area contributed by atoms with Crippen molar-refractivity contribution in [1.82, 2.24) is 0 Å². The molecule has 0 bridgehead atoms. The Morgan fingerprint density at radius 3 is 2.04 bits per heavy atom. The van der Waals surface area contributed by atoms with E-state index in [-0.39, 0.29) is 0 Å². The van der Waals surface area contributed by atoms with Crippen molar-refractivity contribution >= 4 is 17.7 Å². The number of rotatable bonds is 12. The van der Waals surface area contributed by atoms with E-state index in [1.807, 2.05) is 6.92 Å². The SMILES string of the molecule is CC(=C/C=C/C=C(\P(=O)(O)O)S(=O)(=O)O)CCCC(C)CCCC(C)C. The van der Waals surface area contributed by atoms with Gasteiger partial charge in [0, 0.05) is 0 Å². The van der Waals surface area contributed by atoms with E-state index in [0.29, 0.717) is 5.92 Å². The van der Waals surface area contributed by atoms with E-state index in [0.717, 1.165) is 36.8 Å². The maximum Gasteiger partial charge on any atom is 0.370 e. The minimum atomic E-state index is -5.05. The Hall–Kier alpha value is -0.720. The second kappa shape index (κ2) is 11.9. The van der Waals surface area contributed by atoms with E-state index in [4.69, 9.17) is 14.3 Å². The molecule has 6 nitrogen and oxygen atoms in total. The van der Waals surface area contributed by atoms with Gasteiger partial charge in [-0.3, -0.25) is 9.12 Å². The highest BCUT2D eigenvalue weighted by Gasteiger charge is 2.31. The number of hydrogen-bond donors (Lipinski definition) is 3. The van der Waals surface area contributed by atoms with Gasteiger partial charge >= 0.3 is 17.7 Å². The van der Waals surface area contributed by atoms with Crippen LogP contribution < -0.4 is 0 Å². The Balaban J connectivity index is 4.46. The Morgan fingerprint density at radius 2 is 1.54 bits per heavy atom. The van der Waals surface area contributed by atoms with Crippen LogP contribution >= 0.6 is 7.60 Å². The summed E-state index contributed by atoms with van der Waals surface area (Å²) in [4.78, 5) is 17.9. The van der Waals surface area contributed by atoms with Crippen LogP contribution in [0.15, 0.2) is 34.5 Å². The zero-order valence-corrected chi connectivity index (χ0v) is 17.8. The van der Waals surface area contributed by atoms with Crippen LogP contribution in [0.1, 0.15) is 66.2 Å². The molecule has 0 aliphatic heterocycles. The molecule has 0 heterocycles. The zero-order valence-electron chi connectivity index (χ0n) is 16.1. The Labute approximate surface area is 158 Å². The summed E-state index contributed by atoms with van der Waals surface area (Å²) in [5.74, 6) is 1.45. The van der Waals surface area contributed by atoms with Gasteiger partial charge in [-0.1, -0.05) is 70.3 Å². The van der Waals surface area contributed by atoms with Gasteiger partial charge in [0.15, 0.2) is 4.65 Å². The summed E-state index contributed by atoms with van der Waals surface area (Å²) in [5, 5.41) is 0. The van der Waals surface area contributed by atoms with Crippen LogP contribution in [-0.2, 0) is 14.7 Å². The van der Waals surface area contributed by atoms with Crippen molar-refractivity contribution in [2.24, 2.45) is 11.8 Å². The summed E-state index contributed by atoms with van der Waals surface area (Å²) in [7, 11) is -9.99. The molecule has 0 fully saturated rings.